The van der Waals surface area contributed by atoms with E-state index in [1.807, 2.05) is 0 Å². The van der Waals surface area contributed by atoms with Gasteiger partial charge in [-0.15, -0.1) is 0 Å². The normalized spacial score (nSPS) is 12.5. The summed E-state index contributed by atoms with van der Waals surface area (Å²) in [5.41, 5.74) is 1.37. The molecule has 15 heteroatoms. The second-order valence-corrected chi connectivity index (χ2v) is 14.5. The first-order valence-electron chi connectivity index (χ1n) is 15.6. The first-order valence-corrected chi connectivity index (χ1v) is 17.4. The van der Waals surface area contributed by atoms with Crippen molar-refractivity contribution in [2.45, 2.75) is 43.4 Å². The van der Waals surface area contributed by atoms with Gasteiger partial charge in [-0.3, -0.25) is 9.48 Å². The molecule has 3 heterocycles. The van der Waals surface area contributed by atoms with E-state index in [2.05, 4.69) is 32.1 Å². The third kappa shape index (κ3) is 7.62. The summed E-state index contributed by atoms with van der Waals surface area (Å²) >= 11 is 6.58. The van der Waals surface area contributed by atoms with Crippen molar-refractivity contribution in [2.75, 3.05) is 7.05 Å². The van der Waals surface area contributed by atoms with Crippen LogP contribution in [0.5, 0.6) is 0 Å². The van der Waals surface area contributed by atoms with Crippen LogP contribution in [0.3, 0.4) is 0 Å². The molecule has 262 valence electrons. The Labute approximate surface area is 296 Å². The number of nitrogens with zero attached hydrogens (tertiary/aromatic N) is 4. The van der Waals surface area contributed by atoms with Gasteiger partial charge in [0.2, 0.25) is 10.9 Å². The number of carbonyl (C=O) groups is 1. The molecular formula is C36H31ClF2N6O5S. The number of sulfonamides is 1. The highest BCUT2D eigenvalue weighted by atomic mass is 35.5. The highest BCUT2D eigenvalue weighted by Gasteiger charge is 2.28. The summed E-state index contributed by atoms with van der Waals surface area (Å²) in [5, 5.41) is 22.2. The van der Waals surface area contributed by atoms with Gasteiger partial charge in [0, 0.05) is 29.6 Å². The molecule has 6 rings (SSSR count). The molecule has 0 fully saturated rings. The molecule has 51 heavy (non-hydrogen) atoms. The third-order valence-corrected chi connectivity index (χ3v) is 9.59. The Morgan fingerprint density at radius 2 is 1.78 bits per heavy atom. The van der Waals surface area contributed by atoms with Crippen LogP contribution in [0.2, 0.25) is 5.02 Å². The average molecular weight is 733 g/mol. The zero-order chi connectivity index (χ0) is 36.7. The fraction of sp³-hybridized carbons (Fsp3) is 0.222. The molecule has 1 atom stereocenters. The van der Waals surface area contributed by atoms with Crippen molar-refractivity contribution in [3.8, 4) is 23.0 Å². The highest BCUT2D eigenvalue weighted by molar-refractivity contribution is 7.89. The maximum absolute atomic E-state index is 14.5. The van der Waals surface area contributed by atoms with Crippen LogP contribution in [0, 0.1) is 23.5 Å². The van der Waals surface area contributed by atoms with Gasteiger partial charge in [-0.05, 0) is 81.3 Å². The molecule has 0 spiro atoms. The predicted octanol–water partition coefficient (Wildman–Crippen LogP) is 5.38. The van der Waals surface area contributed by atoms with Gasteiger partial charge >= 0.3 is 0 Å². The summed E-state index contributed by atoms with van der Waals surface area (Å²) in [6, 6.07) is 15.5. The second-order valence-electron chi connectivity index (χ2n) is 12.3. The first kappa shape index (κ1) is 35.6. The summed E-state index contributed by atoms with van der Waals surface area (Å²) in [6.07, 6.45) is -0.319. The van der Waals surface area contributed by atoms with Gasteiger partial charge in [0.25, 0.3) is 10.0 Å². The molecule has 3 aromatic carbocycles. The van der Waals surface area contributed by atoms with Gasteiger partial charge < -0.3 is 14.9 Å². The number of aliphatic hydroxyl groups is 1. The van der Waals surface area contributed by atoms with Gasteiger partial charge in [0.15, 0.2) is 5.58 Å². The number of aromatic nitrogens is 4. The van der Waals surface area contributed by atoms with Crippen LogP contribution in [-0.4, -0.2) is 52.0 Å². The fourth-order valence-electron chi connectivity index (χ4n) is 5.74. The number of aryl methyl sites for hydroxylation is 1. The van der Waals surface area contributed by atoms with Crippen LogP contribution < -0.4 is 10.0 Å². The SMILES string of the molecule is CNS(=O)(=O)c1nn(C)c2c(-c3ccc(C#CC(C)(C)O)nc3[C@H](Cc3cc(F)cc(F)c3)NC(=O)Cc3noc4ccccc34)ccc(Cl)c12. The molecule has 0 aliphatic heterocycles. The van der Waals surface area contributed by atoms with Gasteiger partial charge in [-0.25, -0.2) is 26.9 Å². The van der Waals surface area contributed by atoms with Crippen LogP contribution in [0.25, 0.3) is 33.0 Å². The minimum Gasteiger partial charge on any atom is -0.378 e. The molecule has 0 radical (unpaired) electrons. The molecule has 0 saturated carbocycles. The van der Waals surface area contributed by atoms with Gasteiger partial charge in [0.1, 0.15) is 28.6 Å². The molecule has 3 aromatic heterocycles. The lowest BCUT2D eigenvalue weighted by molar-refractivity contribution is -0.121. The van der Waals surface area contributed by atoms with E-state index in [0.29, 0.717) is 33.3 Å². The first-order chi connectivity index (χ1) is 24.1. The van der Waals surface area contributed by atoms with Gasteiger partial charge in [-0.1, -0.05) is 40.9 Å². The molecule has 0 saturated heterocycles. The van der Waals surface area contributed by atoms with E-state index >= 15 is 0 Å². The van der Waals surface area contributed by atoms with Crippen molar-refractivity contribution in [1.82, 2.24) is 30.0 Å². The van der Waals surface area contributed by atoms with Crippen molar-refractivity contribution in [3.05, 3.63) is 106 Å². The second kappa shape index (κ2) is 13.8. The van der Waals surface area contributed by atoms with Crippen LogP contribution in [0.1, 0.15) is 42.5 Å². The van der Waals surface area contributed by atoms with E-state index in [1.54, 1.807) is 49.5 Å². The van der Waals surface area contributed by atoms with Crippen molar-refractivity contribution in [1.29, 1.82) is 0 Å². The number of pyridine rings is 1. The maximum atomic E-state index is 14.5. The van der Waals surface area contributed by atoms with Crippen molar-refractivity contribution < 1.29 is 31.6 Å². The molecule has 0 aliphatic rings. The van der Waals surface area contributed by atoms with Gasteiger partial charge in [-0.2, -0.15) is 5.10 Å². The van der Waals surface area contributed by atoms with E-state index in [-0.39, 0.29) is 45.2 Å². The third-order valence-electron chi connectivity index (χ3n) is 7.95. The summed E-state index contributed by atoms with van der Waals surface area (Å²) < 4.78 is 63.9. The predicted molar refractivity (Wildman–Crippen MR) is 187 cm³/mol. The smallest absolute Gasteiger partial charge is 0.260 e. The van der Waals surface area contributed by atoms with E-state index in [4.69, 9.17) is 21.1 Å². The zero-order valence-electron chi connectivity index (χ0n) is 27.8. The van der Waals surface area contributed by atoms with E-state index in [0.717, 1.165) is 18.2 Å². The largest absolute Gasteiger partial charge is 0.378 e. The molecule has 1 amide bonds. The van der Waals surface area contributed by atoms with Crippen LogP contribution in [0.4, 0.5) is 8.78 Å². The Hall–Kier alpha value is -5.20. The van der Waals surface area contributed by atoms with E-state index < -0.39 is 39.2 Å². The van der Waals surface area contributed by atoms with Crippen LogP contribution in [-0.2, 0) is 34.7 Å². The van der Waals surface area contributed by atoms with Gasteiger partial charge in [0.05, 0.1) is 34.1 Å². The van der Waals surface area contributed by atoms with Crippen molar-refractivity contribution in [3.63, 3.8) is 0 Å². The van der Waals surface area contributed by atoms with Crippen LogP contribution >= 0.6 is 11.6 Å². The summed E-state index contributed by atoms with van der Waals surface area (Å²) in [7, 11) is -1.23. The molecule has 0 unspecified atom stereocenters. The number of benzene rings is 3. The standard InChI is InChI=1S/C36H31ClF2N6O5S/c1-36(2,47)14-13-23-9-10-24(25-11-12-27(37)32-34(25)45(4)43-35(32)51(48,49)40-3)33(41-23)29(17-20-15-21(38)18-22(39)16-20)42-31(46)19-28-26-7-5-6-8-30(26)50-44-28/h5-12,15-16,18,29,40,47H,17,19H2,1-4H3,(H,42,46)/t29-/m0/s1. The maximum Gasteiger partial charge on any atom is 0.260 e. The number of amides is 1. The lowest BCUT2D eigenvalue weighted by atomic mass is 9.93. The van der Waals surface area contributed by atoms with Crippen molar-refractivity contribution >= 4 is 49.4 Å². The Bertz CT molecular complexity index is 2480. The Morgan fingerprint density at radius 3 is 2.49 bits per heavy atom. The minimum absolute atomic E-state index is 0.121. The Kier molecular flexibility index (Phi) is 9.67. The van der Waals surface area contributed by atoms with E-state index in [9.17, 15) is 27.1 Å². The lowest BCUT2D eigenvalue weighted by Crippen LogP contribution is -2.32. The summed E-state index contributed by atoms with van der Waals surface area (Å²) in [4.78, 5) is 18.6. The number of fused-ring (bicyclic) bond motifs is 2. The Balaban J connectivity index is 1.56. The lowest BCUT2D eigenvalue weighted by Gasteiger charge is -2.22. The number of carbonyl (C=O) groups excluding carboxylic acids is 1. The minimum atomic E-state index is -4.05. The topological polar surface area (TPSA) is 152 Å². The number of para-hydroxylation sites is 1. The number of rotatable bonds is 9. The molecular weight excluding hydrogens is 702 g/mol. The molecule has 0 bridgehead atoms. The zero-order valence-corrected chi connectivity index (χ0v) is 29.3. The number of halogens is 3. The number of hydrogen-bond acceptors (Lipinski definition) is 8. The highest BCUT2D eigenvalue weighted by Crippen LogP contribution is 2.39. The quantitative estimate of drug-likeness (QED) is 0.168. The summed E-state index contributed by atoms with van der Waals surface area (Å²) in [6.45, 7) is 3.02. The van der Waals surface area contributed by atoms with Crippen LogP contribution in [0.15, 0.2) is 76.3 Å². The Morgan fingerprint density at radius 1 is 1.08 bits per heavy atom. The fourth-order valence-corrected chi connectivity index (χ4v) is 6.94. The molecule has 3 N–H and O–H groups in total. The monoisotopic (exact) mass is 732 g/mol. The molecule has 0 aliphatic carbocycles. The number of nitrogens with one attached hydrogen (secondary N) is 2. The summed E-state index contributed by atoms with van der Waals surface area (Å²) in [5.74, 6) is 3.45. The number of hydrogen-bond donors (Lipinski definition) is 3. The molecule has 11 nitrogen and oxygen atoms in total. The molecule has 6 aromatic rings. The van der Waals surface area contributed by atoms with Crippen molar-refractivity contribution in [2.24, 2.45) is 7.05 Å². The van der Waals surface area contributed by atoms with E-state index in [1.165, 1.54) is 31.6 Å². The average Bonchev–Trinajstić information content (AvgIpc) is 3.65.